The molecular weight excluding hydrogens is 352 g/mol. The van der Waals surface area contributed by atoms with Crippen LogP contribution in [-0.2, 0) is 11.3 Å². The van der Waals surface area contributed by atoms with Crippen molar-refractivity contribution >= 4 is 39.2 Å². The van der Waals surface area contributed by atoms with Crippen molar-refractivity contribution in [1.29, 1.82) is 0 Å². The second-order valence-corrected chi connectivity index (χ2v) is 6.59. The van der Waals surface area contributed by atoms with Crippen molar-refractivity contribution in [2.45, 2.75) is 20.4 Å². The molecule has 3 aromatic rings. The van der Waals surface area contributed by atoms with Gasteiger partial charge in [-0.2, -0.15) is 0 Å². The first-order valence-corrected chi connectivity index (χ1v) is 8.86. The molecular formula is C18H18N4O3S. The summed E-state index contributed by atoms with van der Waals surface area (Å²) in [6, 6.07) is 7.03. The summed E-state index contributed by atoms with van der Waals surface area (Å²) in [5.74, 6) is -0.151. The highest BCUT2D eigenvalue weighted by Crippen LogP contribution is 2.33. The van der Waals surface area contributed by atoms with Gasteiger partial charge >= 0.3 is 5.97 Å². The molecule has 3 rings (SSSR count). The number of nitrogens with zero attached hydrogens (tertiary/aromatic N) is 2. The molecule has 2 aromatic heterocycles. The number of fused-ring (bicyclic) bond motifs is 1. The Kier molecular flexibility index (Phi) is 5.13. The third-order valence-electron chi connectivity index (χ3n) is 3.89. The van der Waals surface area contributed by atoms with Gasteiger partial charge in [-0.3, -0.25) is 4.79 Å². The van der Waals surface area contributed by atoms with Gasteiger partial charge in [0.1, 0.15) is 21.9 Å². The van der Waals surface area contributed by atoms with Gasteiger partial charge in [0, 0.05) is 12.1 Å². The van der Waals surface area contributed by atoms with E-state index in [1.54, 1.807) is 19.1 Å². The minimum absolute atomic E-state index is 0.324. The molecule has 2 heterocycles. The number of nitrogens with one attached hydrogen (secondary N) is 1. The second kappa shape index (κ2) is 7.49. The number of anilines is 1. The molecule has 0 saturated carbocycles. The molecule has 134 valence electrons. The molecule has 0 unspecified atom stereocenters. The van der Waals surface area contributed by atoms with E-state index < -0.39 is 5.91 Å². The van der Waals surface area contributed by atoms with Gasteiger partial charge in [-0.1, -0.05) is 12.1 Å². The molecule has 0 fully saturated rings. The SMILES string of the molecule is CCOC(=O)c1sc2ncnc(NCc3ccc(C(N)=O)cc3)c2c1C. The zero-order valence-electron chi connectivity index (χ0n) is 14.4. The first kappa shape index (κ1) is 17.8. The van der Waals surface area contributed by atoms with Crippen molar-refractivity contribution in [3.8, 4) is 0 Å². The van der Waals surface area contributed by atoms with Crippen molar-refractivity contribution in [3.63, 3.8) is 0 Å². The maximum absolute atomic E-state index is 12.1. The number of carbonyl (C=O) groups is 2. The zero-order valence-corrected chi connectivity index (χ0v) is 15.2. The van der Waals surface area contributed by atoms with E-state index in [0.717, 1.165) is 21.3 Å². The van der Waals surface area contributed by atoms with Crippen LogP contribution < -0.4 is 11.1 Å². The largest absolute Gasteiger partial charge is 0.462 e. The molecule has 0 aliphatic heterocycles. The van der Waals surface area contributed by atoms with Crippen LogP contribution in [0.2, 0.25) is 0 Å². The molecule has 0 atom stereocenters. The van der Waals surface area contributed by atoms with Crippen LogP contribution in [0, 0.1) is 6.92 Å². The molecule has 1 aromatic carbocycles. The fourth-order valence-electron chi connectivity index (χ4n) is 2.57. The van der Waals surface area contributed by atoms with Gasteiger partial charge in [-0.15, -0.1) is 11.3 Å². The van der Waals surface area contributed by atoms with Gasteiger partial charge < -0.3 is 15.8 Å². The second-order valence-electron chi connectivity index (χ2n) is 5.59. The average molecular weight is 370 g/mol. The highest BCUT2D eigenvalue weighted by Gasteiger charge is 2.20. The Hall–Kier alpha value is -3.00. The Morgan fingerprint density at radius 3 is 2.62 bits per heavy atom. The van der Waals surface area contributed by atoms with Crippen LogP contribution in [0.1, 0.15) is 38.1 Å². The van der Waals surface area contributed by atoms with Crippen LogP contribution in [0.3, 0.4) is 0 Å². The Labute approximate surface area is 154 Å². The Morgan fingerprint density at radius 1 is 1.23 bits per heavy atom. The summed E-state index contributed by atoms with van der Waals surface area (Å²) in [4.78, 5) is 33.1. The van der Waals surface area contributed by atoms with Gasteiger partial charge in [0.15, 0.2) is 0 Å². The zero-order chi connectivity index (χ0) is 18.7. The molecule has 3 N–H and O–H groups in total. The molecule has 0 radical (unpaired) electrons. The summed E-state index contributed by atoms with van der Waals surface area (Å²) in [5.41, 5.74) is 7.49. The lowest BCUT2D eigenvalue weighted by atomic mass is 10.1. The van der Waals surface area contributed by atoms with Crippen molar-refractivity contribution in [1.82, 2.24) is 9.97 Å². The lowest BCUT2D eigenvalue weighted by Crippen LogP contribution is -2.11. The van der Waals surface area contributed by atoms with E-state index in [1.165, 1.54) is 17.7 Å². The van der Waals surface area contributed by atoms with Crippen molar-refractivity contribution in [2.75, 3.05) is 11.9 Å². The predicted octanol–water partition coefficient (Wildman–Crippen LogP) is 2.89. The molecule has 26 heavy (non-hydrogen) atoms. The van der Waals surface area contributed by atoms with E-state index in [4.69, 9.17) is 10.5 Å². The number of primary amides is 1. The Morgan fingerprint density at radius 2 is 1.96 bits per heavy atom. The topological polar surface area (TPSA) is 107 Å². The van der Waals surface area contributed by atoms with Gasteiger partial charge in [-0.05, 0) is 37.1 Å². The van der Waals surface area contributed by atoms with E-state index in [1.807, 2.05) is 19.1 Å². The number of benzene rings is 1. The predicted molar refractivity (Wildman–Crippen MR) is 100 cm³/mol. The van der Waals surface area contributed by atoms with Crippen LogP contribution >= 0.6 is 11.3 Å². The Bertz CT molecular complexity index is 966. The monoisotopic (exact) mass is 370 g/mol. The van der Waals surface area contributed by atoms with Crippen molar-refractivity contribution in [3.05, 3.63) is 52.2 Å². The number of hydrogen-bond donors (Lipinski definition) is 2. The molecule has 1 amide bonds. The van der Waals surface area contributed by atoms with Crippen LogP contribution in [0.5, 0.6) is 0 Å². The first-order valence-electron chi connectivity index (χ1n) is 8.05. The third kappa shape index (κ3) is 3.50. The standard InChI is InChI=1S/C18H18N4O3S/c1-3-25-18(24)14-10(2)13-16(21-9-22-17(13)26-14)20-8-11-4-6-12(7-5-11)15(19)23/h4-7,9H,3,8H2,1-2H3,(H2,19,23)(H,20,21,22). The van der Waals surface area contributed by atoms with Crippen LogP contribution in [0.15, 0.2) is 30.6 Å². The number of amides is 1. The van der Waals surface area contributed by atoms with Gasteiger partial charge in [0.25, 0.3) is 0 Å². The summed E-state index contributed by atoms with van der Waals surface area (Å²) in [6.07, 6.45) is 1.46. The number of nitrogens with two attached hydrogens (primary N) is 1. The van der Waals surface area contributed by atoms with Gasteiger partial charge in [0.05, 0.1) is 12.0 Å². The normalized spacial score (nSPS) is 10.7. The third-order valence-corrected chi connectivity index (χ3v) is 5.07. The fraction of sp³-hybridized carbons (Fsp3) is 0.222. The molecule has 7 nitrogen and oxygen atoms in total. The fourth-order valence-corrected chi connectivity index (χ4v) is 3.61. The number of aromatic nitrogens is 2. The van der Waals surface area contributed by atoms with E-state index in [9.17, 15) is 9.59 Å². The maximum atomic E-state index is 12.1. The highest BCUT2D eigenvalue weighted by molar-refractivity contribution is 7.20. The van der Waals surface area contributed by atoms with Crippen molar-refractivity contribution < 1.29 is 14.3 Å². The minimum atomic E-state index is -0.456. The van der Waals surface area contributed by atoms with E-state index in [-0.39, 0.29) is 5.97 Å². The summed E-state index contributed by atoms with van der Waals surface area (Å²) in [6.45, 7) is 4.47. The van der Waals surface area contributed by atoms with E-state index >= 15 is 0 Å². The molecule has 8 heteroatoms. The lowest BCUT2D eigenvalue weighted by Gasteiger charge is -2.08. The van der Waals surface area contributed by atoms with Crippen LogP contribution in [-0.4, -0.2) is 28.5 Å². The van der Waals surface area contributed by atoms with Crippen LogP contribution in [0.25, 0.3) is 10.2 Å². The number of hydrogen-bond acceptors (Lipinski definition) is 7. The number of rotatable bonds is 6. The van der Waals surface area contributed by atoms with E-state index in [2.05, 4.69) is 15.3 Å². The number of ether oxygens (including phenoxy) is 1. The Balaban J connectivity index is 1.86. The smallest absolute Gasteiger partial charge is 0.348 e. The average Bonchev–Trinajstić information content (AvgIpc) is 2.98. The quantitative estimate of drug-likeness (QED) is 0.646. The van der Waals surface area contributed by atoms with Gasteiger partial charge in [0.2, 0.25) is 5.91 Å². The maximum Gasteiger partial charge on any atom is 0.348 e. The lowest BCUT2D eigenvalue weighted by molar-refractivity contribution is 0.0531. The van der Waals surface area contributed by atoms with Crippen LogP contribution in [0.4, 0.5) is 5.82 Å². The molecule has 0 bridgehead atoms. The molecule has 0 saturated heterocycles. The van der Waals surface area contributed by atoms with E-state index in [0.29, 0.717) is 29.4 Å². The molecule has 0 aliphatic carbocycles. The minimum Gasteiger partial charge on any atom is -0.462 e. The first-order chi connectivity index (χ1) is 12.5. The number of thiophene rings is 1. The summed E-state index contributed by atoms with van der Waals surface area (Å²) >= 11 is 1.30. The highest BCUT2D eigenvalue weighted by atomic mass is 32.1. The number of esters is 1. The summed E-state index contributed by atoms with van der Waals surface area (Å²) in [5, 5.41) is 4.08. The summed E-state index contributed by atoms with van der Waals surface area (Å²) in [7, 11) is 0. The summed E-state index contributed by atoms with van der Waals surface area (Å²) < 4.78 is 5.10. The number of aryl methyl sites for hydroxylation is 1. The van der Waals surface area contributed by atoms with Crippen molar-refractivity contribution in [2.24, 2.45) is 5.73 Å². The number of carbonyl (C=O) groups excluding carboxylic acids is 2. The van der Waals surface area contributed by atoms with Gasteiger partial charge in [-0.25, -0.2) is 14.8 Å². The molecule has 0 spiro atoms. The molecule has 0 aliphatic rings.